The van der Waals surface area contributed by atoms with Gasteiger partial charge in [0.2, 0.25) is 5.95 Å². The number of hydrogen-bond donors (Lipinski definition) is 0. The Morgan fingerprint density at radius 2 is 1.79 bits per heavy atom. The second-order valence-electron chi connectivity index (χ2n) is 5.48. The van der Waals surface area contributed by atoms with E-state index in [9.17, 15) is 4.39 Å². The predicted octanol–water partition coefficient (Wildman–Crippen LogP) is 3.52. The van der Waals surface area contributed by atoms with Crippen LogP contribution in [0.15, 0.2) is 18.1 Å². The Balaban J connectivity index is 2.15. The Bertz CT molecular complexity index is 503. The van der Waals surface area contributed by atoms with E-state index >= 15 is 0 Å². The SMILES string of the molecule is CC1(C)OB(/C=C/c2nc(F)ccc2Cl)OC1(C)C. The third kappa shape index (κ3) is 2.99. The Morgan fingerprint density at radius 1 is 1.21 bits per heavy atom. The first-order valence-electron chi connectivity index (χ1n) is 6.07. The van der Waals surface area contributed by atoms with E-state index in [-0.39, 0.29) is 0 Å². The van der Waals surface area contributed by atoms with E-state index in [2.05, 4.69) is 4.98 Å². The van der Waals surface area contributed by atoms with E-state index in [4.69, 9.17) is 20.9 Å². The lowest BCUT2D eigenvalue weighted by atomic mass is 9.89. The molecule has 0 amide bonds. The van der Waals surface area contributed by atoms with Gasteiger partial charge >= 0.3 is 7.12 Å². The van der Waals surface area contributed by atoms with Gasteiger partial charge in [-0.3, -0.25) is 0 Å². The maximum Gasteiger partial charge on any atom is 0.487 e. The fourth-order valence-corrected chi connectivity index (χ4v) is 1.86. The van der Waals surface area contributed by atoms with Gasteiger partial charge in [-0.2, -0.15) is 4.39 Å². The lowest BCUT2D eigenvalue weighted by Gasteiger charge is -2.32. The summed E-state index contributed by atoms with van der Waals surface area (Å²) in [6, 6.07) is 2.68. The summed E-state index contributed by atoms with van der Waals surface area (Å²) in [5.41, 5.74) is -0.445. The van der Waals surface area contributed by atoms with Crippen LogP contribution in [-0.2, 0) is 9.31 Å². The van der Waals surface area contributed by atoms with Crippen molar-refractivity contribution in [2.45, 2.75) is 38.9 Å². The highest BCUT2D eigenvalue weighted by molar-refractivity contribution is 6.52. The molecule has 6 heteroatoms. The lowest BCUT2D eigenvalue weighted by molar-refractivity contribution is 0.00578. The minimum absolute atomic E-state index is 0.358. The summed E-state index contributed by atoms with van der Waals surface area (Å²) in [7, 11) is -0.494. The fraction of sp³-hybridized carbons (Fsp3) is 0.462. The van der Waals surface area contributed by atoms with Gasteiger partial charge in [-0.15, -0.1) is 0 Å². The van der Waals surface area contributed by atoms with Gasteiger partial charge in [0, 0.05) is 0 Å². The molecular weight excluding hydrogens is 267 g/mol. The summed E-state index contributed by atoms with van der Waals surface area (Å²) in [6.45, 7) is 7.87. The van der Waals surface area contributed by atoms with Crippen LogP contribution < -0.4 is 0 Å². The van der Waals surface area contributed by atoms with E-state index in [0.717, 1.165) is 0 Å². The van der Waals surface area contributed by atoms with Crippen LogP contribution in [0, 0.1) is 5.95 Å². The molecule has 0 atom stereocenters. The number of hydrogen-bond acceptors (Lipinski definition) is 3. The highest BCUT2D eigenvalue weighted by Crippen LogP contribution is 2.37. The summed E-state index contributed by atoms with van der Waals surface area (Å²) in [4.78, 5) is 3.71. The van der Waals surface area contributed by atoms with E-state index in [1.807, 2.05) is 27.7 Å². The van der Waals surface area contributed by atoms with Crippen LogP contribution in [-0.4, -0.2) is 23.3 Å². The summed E-state index contributed by atoms with van der Waals surface area (Å²) in [6.07, 6.45) is 1.60. The van der Waals surface area contributed by atoms with Crippen molar-refractivity contribution < 1.29 is 13.7 Å². The summed E-state index contributed by atoms with van der Waals surface area (Å²) in [5, 5.41) is 0.383. The van der Waals surface area contributed by atoms with Crippen LogP contribution in [0.5, 0.6) is 0 Å². The van der Waals surface area contributed by atoms with Crippen molar-refractivity contribution in [3.05, 3.63) is 34.8 Å². The second kappa shape index (κ2) is 4.89. The Hall–Kier alpha value is -0.905. The first-order valence-corrected chi connectivity index (χ1v) is 6.45. The van der Waals surface area contributed by atoms with Crippen LogP contribution in [0.1, 0.15) is 33.4 Å². The molecule has 0 radical (unpaired) electrons. The van der Waals surface area contributed by atoms with Crippen molar-refractivity contribution >= 4 is 24.8 Å². The van der Waals surface area contributed by atoms with Gasteiger partial charge in [-0.25, -0.2) is 4.98 Å². The molecule has 0 aromatic carbocycles. The van der Waals surface area contributed by atoms with Crippen LogP contribution in [0.2, 0.25) is 5.02 Å². The molecular formula is C13H16BClFNO2. The lowest BCUT2D eigenvalue weighted by Crippen LogP contribution is -2.41. The van der Waals surface area contributed by atoms with Gasteiger partial charge in [0.05, 0.1) is 21.9 Å². The highest BCUT2D eigenvalue weighted by atomic mass is 35.5. The summed E-state index contributed by atoms with van der Waals surface area (Å²) in [5.74, 6) is 1.11. The average Bonchev–Trinajstić information content (AvgIpc) is 2.49. The standard InChI is InChI=1S/C13H16BClFNO2/c1-12(2)13(3,4)19-14(18-12)8-7-10-9(15)5-6-11(16)17-10/h5-8H,1-4H3/b8-7+. The van der Waals surface area contributed by atoms with Crippen LogP contribution >= 0.6 is 11.6 Å². The number of aromatic nitrogens is 1. The Labute approximate surface area is 117 Å². The Morgan fingerprint density at radius 3 is 2.37 bits per heavy atom. The molecule has 1 aromatic rings. The molecule has 0 spiro atoms. The molecule has 1 aliphatic rings. The van der Waals surface area contributed by atoms with Gasteiger partial charge in [-0.05, 0) is 45.9 Å². The number of pyridine rings is 1. The second-order valence-corrected chi connectivity index (χ2v) is 5.89. The normalized spacial score (nSPS) is 21.3. The molecule has 1 aromatic heterocycles. The van der Waals surface area contributed by atoms with Gasteiger partial charge in [-0.1, -0.05) is 17.6 Å². The van der Waals surface area contributed by atoms with E-state index < -0.39 is 24.3 Å². The molecule has 3 nitrogen and oxygen atoms in total. The molecule has 102 valence electrons. The largest absolute Gasteiger partial charge is 0.487 e. The third-order valence-electron chi connectivity index (χ3n) is 3.52. The molecule has 0 aliphatic carbocycles. The predicted molar refractivity (Wildman–Crippen MR) is 74.3 cm³/mol. The molecule has 2 heterocycles. The fourth-order valence-electron chi connectivity index (χ4n) is 1.69. The molecule has 0 N–H and O–H groups in total. The van der Waals surface area contributed by atoms with Crippen molar-refractivity contribution in [2.75, 3.05) is 0 Å². The van der Waals surface area contributed by atoms with Crippen LogP contribution in [0.25, 0.3) is 6.08 Å². The molecule has 1 saturated heterocycles. The molecule has 1 aliphatic heterocycles. The van der Waals surface area contributed by atoms with E-state index in [1.165, 1.54) is 12.1 Å². The molecule has 0 unspecified atom stereocenters. The minimum atomic E-state index is -0.571. The zero-order chi connectivity index (χ0) is 14.3. The van der Waals surface area contributed by atoms with Crippen molar-refractivity contribution in [1.82, 2.24) is 4.98 Å². The smallest absolute Gasteiger partial charge is 0.400 e. The first kappa shape index (κ1) is 14.5. The first-order chi connectivity index (χ1) is 8.71. The number of nitrogens with zero attached hydrogens (tertiary/aromatic N) is 1. The third-order valence-corrected chi connectivity index (χ3v) is 3.84. The number of rotatable bonds is 2. The summed E-state index contributed by atoms with van der Waals surface area (Å²) < 4.78 is 24.6. The van der Waals surface area contributed by atoms with Gasteiger partial charge < -0.3 is 9.31 Å². The average molecular weight is 284 g/mol. The van der Waals surface area contributed by atoms with Gasteiger partial charge in [0.15, 0.2) is 0 Å². The quantitative estimate of drug-likeness (QED) is 0.615. The van der Waals surface area contributed by atoms with Crippen LogP contribution in [0.3, 0.4) is 0 Å². The number of halogens is 2. The maximum absolute atomic E-state index is 13.0. The molecule has 1 fully saturated rings. The van der Waals surface area contributed by atoms with Crippen molar-refractivity contribution in [3.63, 3.8) is 0 Å². The zero-order valence-electron chi connectivity index (χ0n) is 11.4. The minimum Gasteiger partial charge on any atom is -0.400 e. The van der Waals surface area contributed by atoms with Crippen molar-refractivity contribution in [3.8, 4) is 0 Å². The molecule has 19 heavy (non-hydrogen) atoms. The van der Waals surface area contributed by atoms with E-state index in [0.29, 0.717) is 10.7 Å². The molecule has 0 bridgehead atoms. The highest BCUT2D eigenvalue weighted by Gasteiger charge is 2.50. The Kier molecular flexibility index (Phi) is 3.73. The van der Waals surface area contributed by atoms with Gasteiger partial charge in [0.1, 0.15) is 0 Å². The molecule has 0 saturated carbocycles. The summed E-state index contributed by atoms with van der Waals surface area (Å²) >= 11 is 5.93. The maximum atomic E-state index is 13.0. The van der Waals surface area contributed by atoms with Crippen LogP contribution in [0.4, 0.5) is 4.39 Å². The topological polar surface area (TPSA) is 31.4 Å². The van der Waals surface area contributed by atoms with E-state index in [1.54, 1.807) is 12.1 Å². The van der Waals surface area contributed by atoms with Crippen molar-refractivity contribution in [1.29, 1.82) is 0 Å². The van der Waals surface area contributed by atoms with Gasteiger partial charge in [0.25, 0.3) is 0 Å². The molecule has 2 rings (SSSR count). The van der Waals surface area contributed by atoms with Crippen molar-refractivity contribution in [2.24, 2.45) is 0 Å². The monoisotopic (exact) mass is 283 g/mol. The zero-order valence-corrected chi connectivity index (χ0v) is 12.2.